The van der Waals surface area contributed by atoms with Gasteiger partial charge in [-0.2, -0.15) is 5.10 Å². The highest BCUT2D eigenvalue weighted by Gasteiger charge is 2.20. The molecule has 1 aromatic heterocycles. The van der Waals surface area contributed by atoms with Gasteiger partial charge in [-0.1, -0.05) is 30.3 Å². The van der Waals surface area contributed by atoms with Gasteiger partial charge in [0, 0.05) is 6.61 Å². The number of nitrogens with zero attached hydrogens (tertiary/aromatic N) is 2. The van der Waals surface area contributed by atoms with Gasteiger partial charge in [0.2, 0.25) is 0 Å². The lowest BCUT2D eigenvalue weighted by atomic mass is 10.2. The second-order valence-corrected chi connectivity index (χ2v) is 5.53. The lowest BCUT2D eigenvalue weighted by molar-refractivity contribution is -0.0395. The molecule has 1 aromatic carbocycles. The Morgan fingerprint density at radius 2 is 2.21 bits per heavy atom. The molecule has 0 spiro atoms. The highest BCUT2D eigenvalue weighted by molar-refractivity contribution is 5.91. The Kier molecular flexibility index (Phi) is 5.22. The first kappa shape index (κ1) is 16.2. The van der Waals surface area contributed by atoms with E-state index in [9.17, 15) is 9.59 Å². The van der Waals surface area contributed by atoms with E-state index in [-0.39, 0.29) is 18.5 Å². The number of hydrogen-bond acceptors (Lipinski definition) is 5. The van der Waals surface area contributed by atoms with Crippen molar-refractivity contribution in [2.24, 2.45) is 0 Å². The van der Waals surface area contributed by atoms with Crippen LogP contribution in [-0.4, -0.2) is 28.8 Å². The van der Waals surface area contributed by atoms with Crippen LogP contribution in [0, 0.1) is 0 Å². The van der Waals surface area contributed by atoms with Crippen molar-refractivity contribution < 1.29 is 19.1 Å². The molecule has 2 heterocycles. The summed E-state index contributed by atoms with van der Waals surface area (Å²) in [4.78, 5) is 23.1. The molecule has 126 valence electrons. The van der Waals surface area contributed by atoms with E-state index >= 15 is 0 Å². The molecule has 1 saturated heterocycles. The van der Waals surface area contributed by atoms with Crippen LogP contribution < -0.4 is 5.32 Å². The molecule has 0 bridgehead atoms. The lowest BCUT2D eigenvalue weighted by Gasteiger charge is -2.22. The largest absolute Gasteiger partial charge is 0.444 e. The minimum absolute atomic E-state index is 0.154. The highest BCUT2D eigenvalue weighted by atomic mass is 16.5. The van der Waals surface area contributed by atoms with Crippen molar-refractivity contribution in [2.75, 3.05) is 11.9 Å². The predicted molar refractivity (Wildman–Crippen MR) is 86.7 cm³/mol. The molecule has 1 fully saturated rings. The van der Waals surface area contributed by atoms with Crippen molar-refractivity contribution in [2.45, 2.75) is 32.1 Å². The summed E-state index contributed by atoms with van der Waals surface area (Å²) in [6.45, 7) is 0.825. The third kappa shape index (κ3) is 3.99. The molecule has 1 N–H and O–H groups in total. The quantitative estimate of drug-likeness (QED) is 0.852. The summed E-state index contributed by atoms with van der Waals surface area (Å²) in [5.74, 6) is 0. The Morgan fingerprint density at radius 3 is 2.92 bits per heavy atom. The highest BCUT2D eigenvalue weighted by Crippen LogP contribution is 2.24. The zero-order chi connectivity index (χ0) is 16.8. The molecular formula is C17H19N3O4. The molecule has 2 aromatic rings. The van der Waals surface area contributed by atoms with E-state index in [1.54, 1.807) is 10.9 Å². The number of carbonyl (C=O) groups is 2. The van der Waals surface area contributed by atoms with E-state index in [1.807, 2.05) is 30.3 Å². The maximum absolute atomic E-state index is 11.9. The fourth-order valence-corrected chi connectivity index (χ4v) is 2.54. The lowest BCUT2D eigenvalue weighted by Crippen LogP contribution is -2.18. The summed E-state index contributed by atoms with van der Waals surface area (Å²) in [6.07, 6.45) is 4.27. The van der Waals surface area contributed by atoms with Crippen LogP contribution in [0.1, 0.15) is 41.5 Å². The van der Waals surface area contributed by atoms with Gasteiger partial charge in [0.1, 0.15) is 18.5 Å². The summed E-state index contributed by atoms with van der Waals surface area (Å²) in [5.41, 5.74) is 1.35. The van der Waals surface area contributed by atoms with Gasteiger partial charge in [-0.15, -0.1) is 0 Å². The third-order valence-electron chi connectivity index (χ3n) is 3.77. The van der Waals surface area contributed by atoms with Crippen molar-refractivity contribution in [3.8, 4) is 0 Å². The summed E-state index contributed by atoms with van der Waals surface area (Å²) < 4.78 is 12.4. The van der Waals surface area contributed by atoms with Crippen LogP contribution in [0.5, 0.6) is 0 Å². The number of aromatic nitrogens is 2. The standard InChI is InChI=1S/C17H19N3O4/c21-11-15-14(10-20(19-15)16-8-4-5-9-23-16)18-17(22)24-12-13-6-2-1-3-7-13/h1-3,6-7,10-11,16H,4-5,8-9,12H2,(H,18,22). The Morgan fingerprint density at radius 1 is 1.38 bits per heavy atom. The third-order valence-corrected chi connectivity index (χ3v) is 3.77. The molecule has 1 aliphatic heterocycles. The van der Waals surface area contributed by atoms with Gasteiger partial charge in [-0.25, -0.2) is 9.48 Å². The van der Waals surface area contributed by atoms with Gasteiger partial charge in [0.15, 0.2) is 6.29 Å². The van der Waals surface area contributed by atoms with Gasteiger partial charge >= 0.3 is 6.09 Å². The zero-order valence-electron chi connectivity index (χ0n) is 13.2. The number of amides is 1. The molecule has 7 heteroatoms. The molecular weight excluding hydrogens is 310 g/mol. The second-order valence-electron chi connectivity index (χ2n) is 5.53. The second kappa shape index (κ2) is 7.74. The van der Waals surface area contributed by atoms with Gasteiger partial charge in [-0.3, -0.25) is 10.1 Å². The maximum Gasteiger partial charge on any atom is 0.412 e. The molecule has 1 amide bonds. The number of ether oxygens (including phenoxy) is 2. The molecule has 3 rings (SSSR count). The fraction of sp³-hybridized carbons (Fsp3) is 0.353. The van der Waals surface area contributed by atoms with Gasteiger partial charge in [-0.05, 0) is 24.8 Å². The van der Waals surface area contributed by atoms with E-state index in [1.165, 1.54) is 0 Å². The van der Waals surface area contributed by atoms with Gasteiger partial charge in [0.05, 0.1) is 11.9 Å². The van der Waals surface area contributed by atoms with Gasteiger partial charge in [0.25, 0.3) is 0 Å². The molecule has 1 aliphatic rings. The van der Waals surface area contributed by atoms with Crippen LogP contribution >= 0.6 is 0 Å². The first-order valence-electron chi connectivity index (χ1n) is 7.90. The summed E-state index contributed by atoms with van der Waals surface area (Å²) in [7, 11) is 0. The molecule has 7 nitrogen and oxygen atoms in total. The first-order chi connectivity index (χ1) is 11.8. The van der Waals surface area contributed by atoms with E-state index in [4.69, 9.17) is 9.47 Å². The summed E-state index contributed by atoms with van der Waals surface area (Å²) >= 11 is 0. The van der Waals surface area contributed by atoms with Crippen LogP contribution in [-0.2, 0) is 16.1 Å². The normalized spacial score (nSPS) is 17.2. The Balaban J connectivity index is 1.62. The Labute approximate surface area is 139 Å². The average Bonchev–Trinajstić information content (AvgIpc) is 3.04. The van der Waals surface area contributed by atoms with Crippen LogP contribution in [0.2, 0.25) is 0 Å². The van der Waals surface area contributed by atoms with Crippen molar-refractivity contribution in [1.29, 1.82) is 0 Å². The first-order valence-corrected chi connectivity index (χ1v) is 7.90. The van der Waals surface area contributed by atoms with E-state index in [2.05, 4.69) is 10.4 Å². The molecule has 0 saturated carbocycles. The fourth-order valence-electron chi connectivity index (χ4n) is 2.54. The topological polar surface area (TPSA) is 82.5 Å². The molecule has 24 heavy (non-hydrogen) atoms. The molecule has 1 unspecified atom stereocenters. The van der Waals surface area contributed by atoms with E-state index < -0.39 is 6.09 Å². The Bertz CT molecular complexity index is 693. The minimum Gasteiger partial charge on any atom is -0.444 e. The smallest absolute Gasteiger partial charge is 0.412 e. The van der Waals surface area contributed by atoms with Crippen LogP contribution in [0.4, 0.5) is 10.5 Å². The number of rotatable bonds is 5. The van der Waals surface area contributed by atoms with Crippen LogP contribution in [0.3, 0.4) is 0 Å². The number of benzene rings is 1. The zero-order valence-corrected chi connectivity index (χ0v) is 13.2. The predicted octanol–water partition coefficient (Wildman–Crippen LogP) is 3.14. The monoisotopic (exact) mass is 329 g/mol. The SMILES string of the molecule is O=Cc1nn(C2CCCCO2)cc1NC(=O)OCc1ccccc1. The maximum atomic E-state index is 11.9. The van der Waals surface area contributed by atoms with Gasteiger partial charge < -0.3 is 9.47 Å². The number of carbonyl (C=O) groups excluding carboxylic acids is 2. The number of nitrogens with one attached hydrogen (secondary N) is 1. The van der Waals surface area contributed by atoms with Crippen LogP contribution in [0.15, 0.2) is 36.5 Å². The van der Waals surface area contributed by atoms with E-state index in [0.29, 0.717) is 18.6 Å². The summed E-state index contributed by atoms with van der Waals surface area (Å²) in [6, 6.07) is 9.36. The summed E-state index contributed by atoms with van der Waals surface area (Å²) in [5, 5.41) is 6.74. The number of aldehydes is 1. The van der Waals surface area contributed by atoms with Crippen molar-refractivity contribution in [1.82, 2.24) is 9.78 Å². The van der Waals surface area contributed by atoms with Crippen molar-refractivity contribution in [3.05, 3.63) is 47.8 Å². The van der Waals surface area contributed by atoms with Crippen molar-refractivity contribution >= 4 is 18.1 Å². The Hall–Kier alpha value is -2.67. The number of anilines is 1. The molecule has 1 atom stereocenters. The molecule has 0 aliphatic carbocycles. The van der Waals surface area contributed by atoms with E-state index in [0.717, 1.165) is 24.8 Å². The van der Waals surface area contributed by atoms with Crippen LogP contribution in [0.25, 0.3) is 0 Å². The van der Waals surface area contributed by atoms with Crippen molar-refractivity contribution in [3.63, 3.8) is 0 Å². The number of hydrogen-bond donors (Lipinski definition) is 1. The average molecular weight is 329 g/mol. The minimum atomic E-state index is -0.633. The molecule has 0 radical (unpaired) electrons.